The topological polar surface area (TPSA) is 65.5 Å². The van der Waals surface area contributed by atoms with E-state index in [9.17, 15) is 8.42 Å². The predicted octanol–water partition coefficient (Wildman–Crippen LogP) is 4.37. The number of hydrogen-bond acceptors (Lipinski definition) is 5. The molecule has 0 saturated carbocycles. The molecule has 7 heteroatoms. The third-order valence-electron chi connectivity index (χ3n) is 3.42. The van der Waals surface area contributed by atoms with Gasteiger partial charge in [-0.15, -0.1) is 0 Å². The lowest BCUT2D eigenvalue weighted by molar-refractivity contribution is 0.404. The summed E-state index contributed by atoms with van der Waals surface area (Å²) in [5, 5.41) is 0.457. The molecule has 0 aliphatic carbocycles. The van der Waals surface area contributed by atoms with Crippen molar-refractivity contribution in [3.63, 3.8) is 0 Å². The maximum Gasteiger partial charge on any atom is 0.219 e. The van der Waals surface area contributed by atoms with Gasteiger partial charge in [0.25, 0.3) is 0 Å². The highest BCUT2D eigenvalue weighted by Gasteiger charge is 2.23. The molecule has 0 aliphatic rings. The smallest absolute Gasteiger partial charge is 0.219 e. The van der Waals surface area contributed by atoms with E-state index in [1.807, 2.05) is 0 Å². The lowest BCUT2D eigenvalue weighted by atomic mass is 10.3. The third-order valence-corrected chi connectivity index (χ3v) is 5.48. The molecule has 1 heterocycles. The number of halogens is 1. The molecule has 0 spiro atoms. The molecule has 1 aromatic heterocycles. The summed E-state index contributed by atoms with van der Waals surface area (Å²) in [5.41, 5.74) is 0. The molecular weight excluding hydrogens is 362 g/mol. The number of nitrogens with zero attached hydrogens (tertiary/aromatic N) is 1. The molecule has 3 aromatic rings. The first kappa shape index (κ1) is 17.3. The SMILES string of the molecule is COc1ccc(S(=O)(=O)c2ccc(Cl)cc2)c(Oc2ccccn2)c1. The molecule has 25 heavy (non-hydrogen) atoms. The second-order valence-corrected chi connectivity index (χ2v) is 7.39. The van der Waals surface area contributed by atoms with Gasteiger partial charge < -0.3 is 9.47 Å². The lowest BCUT2D eigenvalue weighted by Gasteiger charge is -2.13. The maximum absolute atomic E-state index is 13.0. The summed E-state index contributed by atoms with van der Waals surface area (Å²) >= 11 is 5.84. The van der Waals surface area contributed by atoms with Crippen LogP contribution in [0.25, 0.3) is 0 Å². The van der Waals surface area contributed by atoms with E-state index in [0.717, 1.165) is 0 Å². The van der Waals surface area contributed by atoms with Crippen LogP contribution >= 0.6 is 11.6 Å². The Balaban J connectivity index is 2.10. The Morgan fingerprint density at radius 3 is 2.40 bits per heavy atom. The van der Waals surface area contributed by atoms with Crippen molar-refractivity contribution >= 4 is 21.4 Å². The molecule has 0 atom stereocenters. The highest BCUT2D eigenvalue weighted by molar-refractivity contribution is 7.91. The van der Waals surface area contributed by atoms with E-state index in [2.05, 4.69) is 4.98 Å². The minimum absolute atomic E-state index is 0.0151. The number of methoxy groups -OCH3 is 1. The van der Waals surface area contributed by atoms with Crippen molar-refractivity contribution in [2.24, 2.45) is 0 Å². The Morgan fingerprint density at radius 1 is 1.00 bits per heavy atom. The molecule has 128 valence electrons. The number of hydrogen-bond donors (Lipinski definition) is 0. The van der Waals surface area contributed by atoms with Crippen molar-refractivity contribution < 1.29 is 17.9 Å². The number of benzene rings is 2. The van der Waals surface area contributed by atoms with Crippen LogP contribution in [-0.4, -0.2) is 20.5 Å². The summed E-state index contributed by atoms with van der Waals surface area (Å²) in [7, 11) is -2.31. The molecule has 0 amide bonds. The van der Waals surface area contributed by atoms with E-state index in [1.54, 1.807) is 30.5 Å². The lowest BCUT2D eigenvalue weighted by Crippen LogP contribution is -2.04. The molecule has 5 nitrogen and oxygen atoms in total. The Labute approximate surface area is 150 Å². The Bertz CT molecular complexity index is 974. The normalized spacial score (nSPS) is 11.1. The van der Waals surface area contributed by atoms with Crippen LogP contribution < -0.4 is 9.47 Å². The maximum atomic E-state index is 13.0. The first-order valence-electron chi connectivity index (χ1n) is 7.28. The van der Waals surface area contributed by atoms with Crippen molar-refractivity contribution in [2.75, 3.05) is 7.11 Å². The van der Waals surface area contributed by atoms with Crippen LogP contribution in [0.15, 0.2) is 76.7 Å². The number of rotatable bonds is 5. The molecule has 0 bridgehead atoms. The van der Waals surface area contributed by atoms with E-state index in [0.29, 0.717) is 10.8 Å². The second kappa shape index (κ2) is 7.13. The van der Waals surface area contributed by atoms with E-state index in [-0.39, 0.29) is 21.4 Å². The van der Waals surface area contributed by atoms with Crippen LogP contribution in [0.4, 0.5) is 0 Å². The van der Waals surface area contributed by atoms with Crippen LogP contribution in [0, 0.1) is 0 Å². The second-order valence-electron chi connectivity index (χ2n) is 5.04. The highest BCUT2D eigenvalue weighted by Crippen LogP contribution is 2.35. The summed E-state index contributed by atoms with van der Waals surface area (Å²) < 4.78 is 36.8. The fraction of sp³-hybridized carbons (Fsp3) is 0.0556. The van der Waals surface area contributed by atoms with Gasteiger partial charge >= 0.3 is 0 Å². The van der Waals surface area contributed by atoms with E-state index in [4.69, 9.17) is 21.1 Å². The minimum atomic E-state index is -3.80. The minimum Gasteiger partial charge on any atom is -0.497 e. The zero-order valence-electron chi connectivity index (χ0n) is 13.2. The monoisotopic (exact) mass is 375 g/mol. The van der Waals surface area contributed by atoms with Gasteiger partial charge in [0, 0.05) is 23.4 Å². The average Bonchev–Trinajstić information content (AvgIpc) is 2.62. The van der Waals surface area contributed by atoms with Gasteiger partial charge in [-0.1, -0.05) is 17.7 Å². The van der Waals surface area contributed by atoms with Gasteiger partial charge in [-0.05, 0) is 42.5 Å². The molecule has 0 fully saturated rings. The first-order valence-corrected chi connectivity index (χ1v) is 9.14. The fourth-order valence-corrected chi connectivity index (χ4v) is 3.66. The van der Waals surface area contributed by atoms with Crippen LogP contribution in [0.1, 0.15) is 0 Å². The van der Waals surface area contributed by atoms with Crippen molar-refractivity contribution in [2.45, 2.75) is 9.79 Å². The zero-order chi connectivity index (χ0) is 17.9. The van der Waals surface area contributed by atoms with E-state index < -0.39 is 9.84 Å². The standard InChI is InChI=1S/C18H14ClNO4S/c1-23-14-7-10-17(16(12-14)24-18-4-2-3-11-20-18)25(21,22)15-8-5-13(19)6-9-15/h2-12H,1H3. The Morgan fingerprint density at radius 2 is 1.76 bits per heavy atom. The molecule has 0 saturated heterocycles. The fourth-order valence-electron chi connectivity index (χ4n) is 2.18. The van der Waals surface area contributed by atoms with Gasteiger partial charge in [0.05, 0.1) is 12.0 Å². The molecule has 0 unspecified atom stereocenters. The van der Waals surface area contributed by atoms with Gasteiger partial charge in [0.2, 0.25) is 15.7 Å². The van der Waals surface area contributed by atoms with Crippen LogP contribution in [0.2, 0.25) is 5.02 Å². The largest absolute Gasteiger partial charge is 0.497 e. The van der Waals surface area contributed by atoms with Gasteiger partial charge in [-0.2, -0.15) is 0 Å². The summed E-state index contributed by atoms with van der Waals surface area (Å²) in [6.07, 6.45) is 1.56. The predicted molar refractivity (Wildman–Crippen MR) is 94.2 cm³/mol. The Hall–Kier alpha value is -2.57. The van der Waals surface area contributed by atoms with Crippen LogP contribution in [0.5, 0.6) is 17.4 Å². The van der Waals surface area contributed by atoms with Gasteiger partial charge in [-0.3, -0.25) is 0 Å². The number of aromatic nitrogens is 1. The molecular formula is C18H14ClNO4S. The highest BCUT2D eigenvalue weighted by atomic mass is 35.5. The van der Waals surface area contributed by atoms with Crippen molar-refractivity contribution in [3.8, 4) is 17.4 Å². The third kappa shape index (κ3) is 3.75. The molecule has 0 N–H and O–H groups in total. The molecule has 2 aromatic carbocycles. The first-order chi connectivity index (χ1) is 12.0. The summed E-state index contributed by atoms with van der Waals surface area (Å²) in [5.74, 6) is 0.886. The summed E-state index contributed by atoms with van der Waals surface area (Å²) in [4.78, 5) is 4.20. The van der Waals surface area contributed by atoms with Crippen molar-refractivity contribution in [1.82, 2.24) is 4.98 Å². The quantitative estimate of drug-likeness (QED) is 0.662. The van der Waals surface area contributed by atoms with Crippen molar-refractivity contribution in [3.05, 3.63) is 71.9 Å². The molecule has 3 rings (SSSR count). The van der Waals surface area contributed by atoms with Crippen LogP contribution in [0.3, 0.4) is 0 Å². The summed E-state index contributed by atoms with van der Waals surface area (Å²) in [6, 6.07) is 15.6. The van der Waals surface area contributed by atoms with Gasteiger partial charge in [0.15, 0.2) is 5.75 Å². The van der Waals surface area contributed by atoms with Gasteiger partial charge in [0.1, 0.15) is 10.6 Å². The van der Waals surface area contributed by atoms with E-state index >= 15 is 0 Å². The molecule has 0 aliphatic heterocycles. The number of sulfone groups is 1. The van der Waals surface area contributed by atoms with Crippen molar-refractivity contribution in [1.29, 1.82) is 0 Å². The van der Waals surface area contributed by atoms with Crippen LogP contribution in [-0.2, 0) is 9.84 Å². The summed E-state index contributed by atoms with van der Waals surface area (Å²) in [6.45, 7) is 0. The average molecular weight is 376 g/mol. The zero-order valence-corrected chi connectivity index (χ0v) is 14.8. The number of ether oxygens (including phenoxy) is 2. The van der Waals surface area contributed by atoms with E-state index in [1.165, 1.54) is 43.5 Å². The Kier molecular flexibility index (Phi) is 4.92. The number of pyridine rings is 1. The molecule has 0 radical (unpaired) electrons. The van der Waals surface area contributed by atoms with Gasteiger partial charge in [-0.25, -0.2) is 13.4 Å².